The van der Waals surface area contributed by atoms with Gasteiger partial charge in [-0.2, -0.15) is 0 Å². The first-order valence-electron chi connectivity index (χ1n) is 9.64. The Labute approximate surface area is 165 Å². The minimum atomic E-state index is -4.67. The molecule has 1 saturated heterocycles. The minimum Gasteiger partial charge on any atom is -0.658 e. The number of anilines is 1. The number of fused-ring (bicyclic) bond motifs is 2. The second-order valence-electron chi connectivity index (χ2n) is 7.73. The van der Waals surface area contributed by atoms with Crippen molar-refractivity contribution in [3.05, 3.63) is 59.4 Å². The zero-order chi connectivity index (χ0) is 20.0. The van der Waals surface area contributed by atoms with Gasteiger partial charge < -0.3 is 19.9 Å². The van der Waals surface area contributed by atoms with E-state index in [0.717, 1.165) is 42.2 Å². The maximum atomic E-state index is 12.3. The van der Waals surface area contributed by atoms with Gasteiger partial charge in [0.25, 0.3) is 0 Å². The lowest BCUT2D eigenvalue weighted by molar-refractivity contribution is -0.274. The predicted octanol–water partition coefficient (Wildman–Crippen LogP) is 4.72. The van der Waals surface area contributed by atoms with E-state index < -0.39 is 6.36 Å². The van der Waals surface area contributed by atoms with E-state index in [1.807, 2.05) is 24.3 Å². The lowest BCUT2D eigenvalue weighted by atomic mass is 10.2. The Morgan fingerprint density at radius 3 is 2.66 bits per heavy atom. The van der Waals surface area contributed by atoms with Gasteiger partial charge in [0.2, 0.25) is 5.95 Å². The second-order valence-corrected chi connectivity index (χ2v) is 7.73. The van der Waals surface area contributed by atoms with Crippen LogP contribution in [0.3, 0.4) is 0 Å². The van der Waals surface area contributed by atoms with Gasteiger partial charge >= 0.3 is 6.36 Å². The SMILES string of the molecule is FC(F)(F)Oc1cccc(C[N-]CC2C3CN(c4nc5ccccc5[nH]4)CC23)c1. The molecule has 1 saturated carbocycles. The molecule has 2 aromatic carbocycles. The molecule has 0 amide bonds. The number of aromatic amines is 1. The predicted molar refractivity (Wildman–Crippen MR) is 104 cm³/mol. The molecule has 152 valence electrons. The Morgan fingerprint density at radius 1 is 1.10 bits per heavy atom. The van der Waals surface area contributed by atoms with Gasteiger partial charge in [-0.15, -0.1) is 26.3 Å². The standard InChI is InChI=1S/C21H20F3N4O/c22-21(23,24)29-14-5-3-4-13(8-14)9-25-10-15-16-11-28(12-17(15)16)20-26-18-6-1-2-7-19(18)27-20/h1-8,15-17H,9-12H2,(H,26,27)/q-1. The number of nitrogens with one attached hydrogen (secondary N) is 1. The second kappa shape index (κ2) is 6.95. The fourth-order valence-corrected chi connectivity index (χ4v) is 4.37. The van der Waals surface area contributed by atoms with Crippen molar-refractivity contribution in [1.29, 1.82) is 0 Å². The smallest absolute Gasteiger partial charge is 0.573 e. The highest BCUT2D eigenvalue weighted by Gasteiger charge is 2.53. The van der Waals surface area contributed by atoms with Crippen molar-refractivity contribution in [1.82, 2.24) is 9.97 Å². The van der Waals surface area contributed by atoms with Gasteiger partial charge in [-0.1, -0.05) is 35.7 Å². The van der Waals surface area contributed by atoms with Crippen molar-refractivity contribution in [3.63, 3.8) is 0 Å². The average molecular weight is 401 g/mol. The molecule has 29 heavy (non-hydrogen) atoms. The highest BCUT2D eigenvalue weighted by atomic mass is 19.4. The highest BCUT2D eigenvalue weighted by Crippen LogP contribution is 2.52. The molecule has 5 rings (SSSR count). The summed E-state index contributed by atoms with van der Waals surface area (Å²) < 4.78 is 40.9. The van der Waals surface area contributed by atoms with Gasteiger partial charge in [-0.25, -0.2) is 4.98 Å². The zero-order valence-corrected chi connectivity index (χ0v) is 15.6. The van der Waals surface area contributed by atoms with Crippen molar-refractivity contribution < 1.29 is 17.9 Å². The summed E-state index contributed by atoms with van der Waals surface area (Å²) in [5.41, 5.74) is 2.75. The van der Waals surface area contributed by atoms with Crippen molar-refractivity contribution >= 4 is 17.0 Å². The van der Waals surface area contributed by atoms with E-state index in [9.17, 15) is 13.2 Å². The number of hydrogen-bond donors (Lipinski definition) is 1. The molecule has 2 heterocycles. The first-order chi connectivity index (χ1) is 14.0. The molecular formula is C21H20F3N4O-. The van der Waals surface area contributed by atoms with Gasteiger partial charge in [0, 0.05) is 13.1 Å². The molecule has 2 atom stereocenters. The lowest BCUT2D eigenvalue weighted by Gasteiger charge is -2.24. The monoisotopic (exact) mass is 401 g/mol. The van der Waals surface area contributed by atoms with Crippen LogP contribution in [0.5, 0.6) is 5.75 Å². The molecule has 2 unspecified atom stereocenters. The number of aromatic nitrogens is 2. The molecule has 8 heteroatoms. The van der Waals surface area contributed by atoms with E-state index in [1.165, 1.54) is 12.1 Å². The fourth-order valence-electron chi connectivity index (χ4n) is 4.37. The molecule has 2 fully saturated rings. The van der Waals surface area contributed by atoms with Crippen LogP contribution >= 0.6 is 0 Å². The molecule has 3 aromatic rings. The first kappa shape index (κ1) is 18.3. The minimum absolute atomic E-state index is 0.199. The molecule has 1 aliphatic heterocycles. The average Bonchev–Trinajstić information content (AvgIpc) is 3.04. The van der Waals surface area contributed by atoms with Crippen LogP contribution in [0.25, 0.3) is 16.4 Å². The number of ether oxygens (including phenoxy) is 1. The number of alkyl halides is 3. The summed E-state index contributed by atoms with van der Waals surface area (Å²) >= 11 is 0. The van der Waals surface area contributed by atoms with Crippen LogP contribution in [-0.2, 0) is 6.54 Å². The third kappa shape index (κ3) is 3.89. The van der Waals surface area contributed by atoms with E-state index in [1.54, 1.807) is 12.1 Å². The number of H-pyrrole nitrogens is 1. The fraction of sp³-hybridized carbons (Fsp3) is 0.381. The van der Waals surface area contributed by atoms with Gasteiger partial charge in [0.15, 0.2) is 0 Å². The lowest BCUT2D eigenvalue weighted by Crippen LogP contribution is -2.25. The summed E-state index contributed by atoms with van der Waals surface area (Å²) in [6.07, 6.45) is -4.67. The third-order valence-electron chi connectivity index (χ3n) is 5.81. The largest absolute Gasteiger partial charge is 0.658 e. The van der Waals surface area contributed by atoms with Crippen molar-refractivity contribution in [2.24, 2.45) is 17.8 Å². The van der Waals surface area contributed by atoms with Gasteiger partial charge in [0.05, 0.1) is 11.0 Å². The van der Waals surface area contributed by atoms with E-state index in [4.69, 9.17) is 0 Å². The topological polar surface area (TPSA) is 55.2 Å². The van der Waals surface area contributed by atoms with Crippen LogP contribution in [0.15, 0.2) is 48.5 Å². The number of para-hydroxylation sites is 2. The summed E-state index contributed by atoms with van der Waals surface area (Å²) in [5, 5.41) is 4.58. The van der Waals surface area contributed by atoms with Gasteiger partial charge in [-0.05, 0) is 36.1 Å². The number of hydrogen-bond acceptors (Lipinski definition) is 3. The van der Waals surface area contributed by atoms with Crippen molar-refractivity contribution in [2.75, 3.05) is 24.5 Å². The van der Waals surface area contributed by atoms with Crippen LogP contribution < -0.4 is 9.64 Å². The van der Waals surface area contributed by atoms with Crippen molar-refractivity contribution in [3.8, 4) is 5.75 Å². The summed E-state index contributed by atoms with van der Waals surface area (Å²) in [6, 6.07) is 14.0. The molecular weight excluding hydrogens is 381 g/mol. The Morgan fingerprint density at radius 2 is 1.90 bits per heavy atom. The summed E-state index contributed by atoms with van der Waals surface area (Å²) in [6.45, 7) is 3.09. The molecule has 0 spiro atoms. The Bertz CT molecular complexity index is 973. The summed E-state index contributed by atoms with van der Waals surface area (Å²) in [5.74, 6) is 2.52. The van der Waals surface area contributed by atoms with Crippen LogP contribution in [0, 0.1) is 17.8 Å². The summed E-state index contributed by atoms with van der Waals surface area (Å²) in [7, 11) is 0. The molecule has 1 aromatic heterocycles. The normalized spacial score (nSPS) is 23.4. The quantitative estimate of drug-likeness (QED) is 0.650. The van der Waals surface area contributed by atoms with Crippen LogP contribution in [0.2, 0.25) is 0 Å². The van der Waals surface area contributed by atoms with E-state index in [-0.39, 0.29) is 5.75 Å². The zero-order valence-electron chi connectivity index (χ0n) is 15.6. The number of halogens is 3. The molecule has 0 bridgehead atoms. The Hall–Kier alpha value is -2.74. The molecule has 2 aliphatic rings. The maximum absolute atomic E-state index is 12.3. The number of nitrogens with zero attached hydrogens (tertiary/aromatic N) is 3. The number of benzene rings is 2. The van der Waals surface area contributed by atoms with E-state index >= 15 is 0 Å². The maximum Gasteiger partial charge on any atom is 0.573 e. The summed E-state index contributed by atoms with van der Waals surface area (Å²) in [4.78, 5) is 10.3. The molecule has 1 N–H and O–H groups in total. The van der Waals surface area contributed by atoms with Crippen molar-refractivity contribution in [2.45, 2.75) is 12.9 Å². The number of imidazole rings is 1. The number of rotatable bonds is 6. The molecule has 5 nitrogen and oxygen atoms in total. The molecule has 1 aliphatic carbocycles. The third-order valence-corrected chi connectivity index (χ3v) is 5.81. The molecule has 0 radical (unpaired) electrons. The Kier molecular flexibility index (Phi) is 4.38. The van der Waals surface area contributed by atoms with Crippen LogP contribution in [0.1, 0.15) is 5.56 Å². The number of piperidine rings is 1. The van der Waals surface area contributed by atoms with Gasteiger partial charge in [-0.3, -0.25) is 0 Å². The van der Waals surface area contributed by atoms with Crippen LogP contribution in [0.4, 0.5) is 19.1 Å². The van der Waals surface area contributed by atoms with Crippen LogP contribution in [-0.4, -0.2) is 36.0 Å². The van der Waals surface area contributed by atoms with Gasteiger partial charge in [0.1, 0.15) is 5.75 Å². The first-order valence-corrected chi connectivity index (χ1v) is 9.64. The highest BCUT2D eigenvalue weighted by molar-refractivity contribution is 5.77. The van der Waals surface area contributed by atoms with E-state index in [0.29, 0.717) is 24.3 Å². The van der Waals surface area contributed by atoms with E-state index in [2.05, 4.69) is 24.9 Å². The Balaban J connectivity index is 1.10.